The second-order valence-corrected chi connectivity index (χ2v) is 7.28. The molecule has 0 radical (unpaired) electrons. The van der Waals surface area contributed by atoms with Crippen LogP contribution in [0.25, 0.3) is 10.8 Å². The summed E-state index contributed by atoms with van der Waals surface area (Å²) in [6, 6.07) is 23.3. The van der Waals surface area contributed by atoms with E-state index in [4.69, 9.17) is 16.3 Å². The average Bonchev–Trinajstić information content (AvgIpc) is 2.81. The molecule has 0 heterocycles. The molecule has 0 saturated heterocycles. The SMILES string of the molecule is O=C(NN=Cc1c(OC(=O)c2ccc(Cl)cc2)ccc2ccccc12)c1ccc(O)cc1. The number of carbonyl (C=O) groups excluding carboxylic acids is 2. The van der Waals surface area contributed by atoms with E-state index in [1.165, 1.54) is 30.5 Å². The molecule has 0 aliphatic heterocycles. The Hall–Kier alpha value is -4.16. The van der Waals surface area contributed by atoms with E-state index in [2.05, 4.69) is 10.5 Å². The van der Waals surface area contributed by atoms with Gasteiger partial charge >= 0.3 is 5.97 Å². The Balaban J connectivity index is 1.62. The van der Waals surface area contributed by atoms with Gasteiger partial charge in [-0.15, -0.1) is 0 Å². The summed E-state index contributed by atoms with van der Waals surface area (Å²) < 4.78 is 5.62. The molecule has 0 unspecified atom stereocenters. The number of hydrazone groups is 1. The summed E-state index contributed by atoms with van der Waals surface area (Å²) in [6.07, 6.45) is 1.44. The van der Waals surface area contributed by atoms with Crippen LogP contribution in [-0.4, -0.2) is 23.2 Å². The molecule has 4 aromatic carbocycles. The number of carbonyl (C=O) groups is 2. The van der Waals surface area contributed by atoms with E-state index in [9.17, 15) is 14.7 Å². The minimum Gasteiger partial charge on any atom is -0.508 e. The van der Waals surface area contributed by atoms with Crippen molar-refractivity contribution < 1.29 is 19.4 Å². The molecular weight excluding hydrogens is 428 g/mol. The van der Waals surface area contributed by atoms with Crippen molar-refractivity contribution in [2.45, 2.75) is 0 Å². The lowest BCUT2D eigenvalue weighted by molar-refractivity contribution is 0.0734. The topological polar surface area (TPSA) is 88.0 Å². The second-order valence-electron chi connectivity index (χ2n) is 6.84. The molecule has 158 valence electrons. The fraction of sp³-hybridized carbons (Fsp3) is 0. The van der Waals surface area contributed by atoms with Gasteiger partial charge in [0, 0.05) is 16.1 Å². The van der Waals surface area contributed by atoms with Crippen LogP contribution in [0.1, 0.15) is 26.3 Å². The van der Waals surface area contributed by atoms with Crippen LogP contribution >= 0.6 is 11.6 Å². The number of ether oxygens (including phenoxy) is 1. The van der Waals surface area contributed by atoms with Crippen molar-refractivity contribution in [3.8, 4) is 11.5 Å². The van der Waals surface area contributed by atoms with Gasteiger partial charge in [0.1, 0.15) is 11.5 Å². The van der Waals surface area contributed by atoms with E-state index in [0.717, 1.165) is 10.8 Å². The zero-order valence-electron chi connectivity index (χ0n) is 16.7. The Kier molecular flexibility index (Phi) is 6.14. The van der Waals surface area contributed by atoms with Crippen LogP contribution in [0.15, 0.2) is 90.0 Å². The molecule has 7 heteroatoms. The minimum atomic E-state index is -0.542. The average molecular weight is 445 g/mol. The highest BCUT2D eigenvalue weighted by atomic mass is 35.5. The highest BCUT2D eigenvalue weighted by Gasteiger charge is 2.14. The normalized spacial score (nSPS) is 10.9. The van der Waals surface area contributed by atoms with Gasteiger partial charge in [0.25, 0.3) is 5.91 Å². The van der Waals surface area contributed by atoms with Gasteiger partial charge in [-0.2, -0.15) is 5.10 Å². The fourth-order valence-corrected chi connectivity index (χ4v) is 3.20. The van der Waals surface area contributed by atoms with Crippen LogP contribution in [-0.2, 0) is 0 Å². The molecule has 0 fully saturated rings. The zero-order valence-corrected chi connectivity index (χ0v) is 17.4. The number of fused-ring (bicyclic) bond motifs is 1. The van der Waals surface area contributed by atoms with E-state index in [-0.39, 0.29) is 5.75 Å². The maximum absolute atomic E-state index is 12.6. The first-order valence-corrected chi connectivity index (χ1v) is 10.0. The van der Waals surface area contributed by atoms with Crippen LogP contribution in [0.5, 0.6) is 11.5 Å². The summed E-state index contributed by atoms with van der Waals surface area (Å²) in [4.78, 5) is 24.9. The lowest BCUT2D eigenvalue weighted by atomic mass is 10.0. The van der Waals surface area contributed by atoms with E-state index < -0.39 is 11.9 Å². The monoisotopic (exact) mass is 444 g/mol. The lowest BCUT2D eigenvalue weighted by Gasteiger charge is -2.10. The number of phenols is 1. The van der Waals surface area contributed by atoms with Crippen molar-refractivity contribution in [3.63, 3.8) is 0 Å². The van der Waals surface area contributed by atoms with Crippen molar-refractivity contribution in [1.29, 1.82) is 0 Å². The van der Waals surface area contributed by atoms with E-state index in [1.807, 2.05) is 30.3 Å². The number of hydrogen-bond donors (Lipinski definition) is 2. The standard InChI is InChI=1S/C25H17ClN2O4/c26-19-10-5-18(6-11-19)25(31)32-23-14-9-16-3-1-2-4-21(16)22(23)15-27-28-24(30)17-7-12-20(29)13-8-17/h1-15,29H,(H,28,30). The summed E-state index contributed by atoms with van der Waals surface area (Å²) in [6.45, 7) is 0. The predicted octanol–water partition coefficient (Wildman–Crippen LogP) is 5.18. The molecule has 2 N–H and O–H groups in total. The minimum absolute atomic E-state index is 0.0629. The van der Waals surface area contributed by atoms with Crippen molar-refractivity contribution >= 4 is 40.5 Å². The van der Waals surface area contributed by atoms with Crippen LogP contribution in [0.4, 0.5) is 0 Å². The van der Waals surface area contributed by atoms with Crippen molar-refractivity contribution in [2.75, 3.05) is 0 Å². The molecule has 0 aliphatic carbocycles. The number of phenolic OH excluding ortho intramolecular Hbond substituents is 1. The molecule has 0 bridgehead atoms. The molecule has 0 saturated carbocycles. The molecule has 0 aliphatic rings. The second kappa shape index (κ2) is 9.32. The first kappa shape index (κ1) is 21.1. The molecule has 6 nitrogen and oxygen atoms in total. The lowest BCUT2D eigenvalue weighted by Crippen LogP contribution is -2.17. The Labute approximate surface area is 188 Å². The highest BCUT2D eigenvalue weighted by molar-refractivity contribution is 6.30. The maximum Gasteiger partial charge on any atom is 0.343 e. The molecular formula is C25H17ClN2O4. The van der Waals surface area contributed by atoms with Crippen LogP contribution in [0.3, 0.4) is 0 Å². The number of nitrogens with one attached hydrogen (secondary N) is 1. The molecule has 0 atom stereocenters. The van der Waals surface area contributed by atoms with Gasteiger partial charge in [0.2, 0.25) is 0 Å². The third-order valence-corrected chi connectivity index (χ3v) is 4.95. The van der Waals surface area contributed by atoms with Crippen molar-refractivity contribution in [2.24, 2.45) is 5.10 Å². The first-order chi connectivity index (χ1) is 15.5. The van der Waals surface area contributed by atoms with Crippen LogP contribution in [0, 0.1) is 0 Å². The van der Waals surface area contributed by atoms with Gasteiger partial charge in [-0.3, -0.25) is 4.79 Å². The Morgan fingerprint density at radius 1 is 0.875 bits per heavy atom. The van der Waals surface area contributed by atoms with Crippen LogP contribution in [0.2, 0.25) is 5.02 Å². The zero-order chi connectivity index (χ0) is 22.5. The molecule has 0 spiro atoms. The Bertz CT molecular complexity index is 1320. The number of nitrogens with zero attached hydrogens (tertiary/aromatic N) is 1. The predicted molar refractivity (Wildman–Crippen MR) is 124 cm³/mol. The Morgan fingerprint density at radius 3 is 2.31 bits per heavy atom. The smallest absolute Gasteiger partial charge is 0.343 e. The van der Waals surface area contributed by atoms with Crippen molar-refractivity contribution in [3.05, 3.63) is 107 Å². The van der Waals surface area contributed by atoms with Gasteiger partial charge in [-0.05, 0) is 65.4 Å². The summed E-state index contributed by atoms with van der Waals surface area (Å²) >= 11 is 5.89. The molecule has 32 heavy (non-hydrogen) atoms. The summed E-state index contributed by atoms with van der Waals surface area (Å²) in [5.41, 5.74) is 3.68. The van der Waals surface area contributed by atoms with Gasteiger partial charge in [-0.1, -0.05) is 41.9 Å². The first-order valence-electron chi connectivity index (χ1n) is 9.63. The van der Waals surface area contributed by atoms with Gasteiger partial charge in [-0.25, -0.2) is 10.2 Å². The van der Waals surface area contributed by atoms with Gasteiger partial charge in [0.05, 0.1) is 11.8 Å². The number of halogens is 1. The summed E-state index contributed by atoms with van der Waals surface area (Å²) in [7, 11) is 0. The molecule has 0 aromatic heterocycles. The number of benzene rings is 4. The van der Waals surface area contributed by atoms with E-state index >= 15 is 0 Å². The number of hydrogen-bond acceptors (Lipinski definition) is 5. The van der Waals surface area contributed by atoms with Gasteiger partial charge in [0.15, 0.2) is 0 Å². The van der Waals surface area contributed by atoms with E-state index in [1.54, 1.807) is 30.3 Å². The molecule has 1 amide bonds. The van der Waals surface area contributed by atoms with Crippen LogP contribution < -0.4 is 10.2 Å². The molecule has 4 rings (SSSR count). The maximum atomic E-state index is 12.6. The third kappa shape index (κ3) is 4.77. The highest BCUT2D eigenvalue weighted by Crippen LogP contribution is 2.27. The number of aromatic hydroxyl groups is 1. The summed E-state index contributed by atoms with van der Waals surface area (Å²) in [5, 5.41) is 15.6. The molecule has 4 aromatic rings. The third-order valence-electron chi connectivity index (χ3n) is 4.70. The number of amides is 1. The number of rotatable bonds is 5. The largest absolute Gasteiger partial charge is 0.508 e. The fourth-order valence-electron chi connectivity index (χ4n) is 3.08. The Morgan fingerprint density at radius 2 is 1.56 bits per heavy atom. The van der Waals surface area contributed by atoms with E-state index in [0.29, 0.717) is 27.5 Å². The van der Waals surface area contributed by atoms with Crippen molar-refractivity contribution in [1.82, 2.24) is 5.43 Å². The summed E-state index contributed by atoms with van der Waals surface area (Å²) in [5.74, 6) is -0.625. The van der Waals surface area contributed by atoms with Gasteiger partial charge < -0.3 is 9.84 Å². The quantitative estimate of drug-likeness (QED) is 0.192. The number of esters is 1.